The fraction of sp³-hybridized carbons (Fsp3) is 0.500. The van der Waals surface area contributed by atoms with Gasteiger partial charge in [0.25, 0.3) is 0 Å². The summed E-state index contributed by atoms with van der Waals surface area (Å²) in [6, 6.07) is 7.27. The molecule has 2 aromatic rings. The molecule has 1 aliphatic carbocycles. The molecule has 1 atom stereocenters. The molecule has 1 aromatic heterocycles. The molecule has 1 aliphatic heterocycles. The summed E-state index contributed by atoms with van der Waals surface area (Å²) in [5.74, 6) is 2.15. The Morgan fingerprint density at radius 2 is 2.12 bits per heavy atom. The molecule has 1 unspecified atom stereocenters. The van der Waals surface area contributed by atoms with Gasteiger partial charge in [-0.25, -0.2) is 9.97 Å². The highest BCUT2D eigenvalue weighted by Gasteiger charge is 2.23. The number of anilines is 1. The molecule has 138 valence electrons. The Labute approximate surface area is 153 Å². The normalized spacial score (nSPS) is 20.1. The molecule has 1 saturated carbocycles. The number of aromatic hydroxyl groups is 1. The van der Waals surface area contributed by atoms with Crippen molar-refractivity contribution in [1.29, 1.82) is 0 Å². The highest BCUT2D eigenvalue weighted by Crippen LogP contribution is 2.39. The molecule has 2 aliphatic rings. The van der Waals surface area contributed by atoms with Crippen LogP contribution in [0.5, 0.6) is 11.5 Å². The highest BCUT2D eigenvalue weighted by atomic mass is 16.5. The van der Waals surface area contributed by atoms with E-state index in [1.54, 1.807) is 12.1 Å². The summed E-state index contributed by atoms with van der Waals surface area (Å²) < 4.78 is 5.97. The summed E-state index contributed by atoms with van der Waals surface area (Å²) in [5.41, 5.74) is 8.13. The van der Waals surface area contributed by atoms with Crippen LogP contribution >= 0.6 is 0 Å². The van der Waals surface area contributed by atoms with E-state index in [-0.39, 0.29) is 11.7 Å². The van der Waals surface area contributed by atoms with E-state index in [0.717, 1.165) is 44.0 Å². The molecule has 1 aromatic carbocycles. The largest absolute Gasteiger partial charge is 0.507 e. The van der Waals surface area contributed by atoms with Gasteiger partial charge >= 0.3 is 0 Å². The lowest BCUT2D eigenvalue weighted by Crippen LogP contribution is -2.29. The highest BCUT2D eigenvalue weighted by molar-refractivity contribution is 5.74. The number of hydrogen-bond donors (Lipinski definition) is 3. The van der Waals surface area contributed by atoms with E-state index in [4.69, 9.17) is 10.5 Å². The summed E-state index contributed by atoms with van der Waals surface area (Å²) in [4.78, 5) is 8.82. The quantitative estimate of drug-likeness (QED) is 0.738. The molecule has 4 rings (SSSR count). The number of nitrogen functional groups attached to an aromatic ring is 1. The van der Waals surface area contributed by atoms with Crippen molar-refractivity contribution >= 4 is 5.95 Å². The number of rotatable bonds is 6. The van der Waals surface area contributed by atoms with Gasteiger partial charge in [0.1, 0.15) is 11.5 Å². The zero-order valence-electron chi connectivity index (χ0n) is 14.9. The SMILES string of the molecule is Nc1nc(-c2c(O)cccc2OCCC2CC2)cc(C2CCCNC2)n1. The van der Waals surface area contributed by atoms with Crippen molar-refractivity contribution in [3.63, 3.8) is 0 Å². The molecular formula is C20H26N4O2. The molecule has 26 heavy (non-hydrogen) atoms. The number of nitrogens with two attached hydrogens (primary N) is 1. The second-order valence-electron chi connectivity index (χ2n) is 7.31. The van der Waals surface area contributed by atoms with Crippen molar-refractivity contribution in [2.75, 3.05) is 25.4 Å². The number of phenolic OH excluding ortho intramolecular Hbond substituents is 1. The van der Waals surface area contributed by atoms with Crippen LogP contribution in [0.25, 0.3) is 11.3 Å². The summed E-state index contributed by atoms with van der Waals surface area (Å²) in [6.07, 6.45) is 5.86. The van der Waals surface area contributed by atoms with Crippen molar-refractivity contribution in [2.45, 2.75) is 38.0 Å². The van der Waals surface area contributed by atoms with E-state index >= 15 is 0 Å². The van der Waals surface area contributed by atoms with Crippen LogP contribution in [0.2, 0.25) is 0 Å². The second kappa shape index (κ2) is 7.50. The molecule has 0 amide bonds. The number of piperidine rings is 1. The van der Waals surface area contributed by atoms with Crippen LogP contribution in [0.3, 0.4) is 0 Å². The summed E-state index contributed by atoms with van der Waals surface area (Å²) in [6.45, 7) is 2.59. The topological polar surface area (TPSA) is 93.3 Å². The van der Waals surface area contributed by atoms with Crippen molar-refractivity contribution in [3.8, 4) is 22.8 Å². The van der Waals surface area contributed by atoms with Gasteiger partial charge in [0, 0.05) is 12.5 Å². The minimum atomic E-state index is 0.153. The van der Waals surface area contributed by atoms with E-state index in [1.807, 2.05) is 12.1 Å². The van der Waals surface area contributed by atoms with Crippen LogP contribution in [-0.2, 0) is 0 Å². The first-order valence-electron chi connectivity index (χ1n) is 9.51. The van der Waals surface area contributed by atoms with Crippen molar-refractivity contribution in [2.24, 2.45) is 5.92 Å². The third-order valence-electron chi connectivity index (χ3n) is 5.22. The third-order valence-corrected chi connectivity index (χ3v) is 5.22. The first-order valence-corrected chi connectivity index (χ1v) is 9.51. The lowest BCUT2D eigenvalue weighted by atomic mass is 9.95. The Bertz CT molecular complexity index is 770. The number of aromatic nitrogens is 2. The molecular weight excluding hydrogens is 328 g/mol. The molecule has 6 nitrogen and oxygen atoms in total. The smallest absolute Gasteiger partial charge is 0.220 e. The Morgan fingerprint density at radius 1 is 1.23 bits per heavy atom. The second-order valence-corrected chi connectivity index (χ2v) is 7.31. The van der Waals surface area contributed by atoms with E-state index in [0.29, 0.717) is 29.5 Å². The maximum atomic E-state index is 10.5. The number of hydrogen-bond acceptors (Lipinski definition) is 6. The van der Waals surface area contributed by atoms with Gasteiger partial charge in [-0.05, 0) is 49.9 Å². The van der Waals surface area contributed by atoms with E-state index in [1.165, 1.54) is 12.8 Å². The van der Waals surface area contributed by atoms with E-state index in [2.05, 4.69) is 15.3 Å². The van der Waals surface area contributed by atoms with Crippen molar-refractivity contribution in [1.82, 2.24) is 15.3 Å². The maximum absolute atomic E-state index is 10.5. The van der Waals surface area contributed by atoms with Crippen LogP contribution in [0, 0.1) is 5.92 Å². The monoisotopic (exact) mass is 354 g/mol. The molecule has 0 bridgehead atoms. The van der Waals surface area contributed by atoms with Gasteiger partial charge in [-0.1, -0.05) is 18.9 Å². The van der Waals surface area contributed by atoms with Crippen LogP contribution in [-0.4, -0.2) is 34.8 Å². The molecule has 0 spiro atoms. The Kier molecular flexibility index (Phi) is 4.93. The lowest BCUT2D eigenvalue weighted by Gasteiger charge is -2.23. The van der Waals surface area contributed by atoms with Crippen molar-refractivity contribution < 1.29 is 9.84 Å². The van der Waals surface area contributed by atoms with Crippen molar-refractivity contribution in [3.05, 3.63) is 30.0 Å². The van der Waals surface area contributed by atoms with Gasteiger partial charge in [-0.3, -0.25) is 0 Å². The number of phenols is 1. The minimum absolute atomic E-state index is 0.153. The summed E-state index contributed by atoms with van der Waals surface area (Å²) in [7, 11) is 0. The van der Waals surface area contributed by atoms with Gasteiger partial charge in [-0.2, -0.15) is 0 Å². The zero-order valence-corrected chi connectivity index (χ0v) is 14.9. The number of nitrogens with zero attached hydrogens (tertiary/aromatic N) is 2. The minimum Gasteiger partial charge on any atom is -0.507 e. The summed E-state index contributed by atoms with van der Waals surface area (Å²) >= 11 is 0. The van der Waals surface area contributed by atoms with Crippen LogP contribution in [0.4, 0.5) is 5.95 Å². The molecule has 2 heterocycles. The van der Waals surface area contributed by atoms with Gasteiger partial charge in [0.2, 0.25) is 5.95 Å². The molecule has 2 fully saturated rings. The van der Waals surface area contributed by atoms with Gasteiger partial charge < -0.3 is 20.9 Å². The number of benzene rings is 1. The maximum Gasteiger partial charge on any atom is 0.220 e. The van der Waals surface area contributed by atoms with Crippen LogP contribution in [0.15, 0.2) is 24.3 Å². The fourth-order valence-electron chi connectivity index (χ4n) is 3.57. The molecule has 4 N–H and O–H groups in total. The fourth-order valence-corrected chi connectivity index (χ4v) is 3.57. The molecule has 0 radical (unpaired) electrons. The predicted octanol–water partition coefficient (Wildman–Crippen LogP) is 3.08. The Morgan fingerprint density at radius 3 is 2.88 bits per heavy atom. The predicted molar refractivity (Wildman–Crippen MR) is 101 cm³/mol. The first kappa shape index (κ1) is 17.1. The average molecular weight is 354 g/mol. The van der Waals surface area contributed by atoms with E-state index in [9.17, 15) is 5.11 Å². The number of ether oxygens (including phenoxy) is 1. The Balaban J connectivity index is 1.64. The van der Waals surface area contributed by atoms with Gasteiger partial charge in [0.15, 0.2) is 0 Å². The Hall–Kier alpha value is -2.34. The van der Waals surface area contributed by atoms with Gasteiger partial charge in [0.05, 0.1) is 23.6 Å². The summed E-state index contributed by atoms with van der Waals surface area (Å²) in [5, 5.41) is 13.9. The van der Waals surface area contributed by atoms with E-state index < -0.39 is 0 Å². The first-order chi connectivity index (χ1) is 12.7. The standard InChI is InChI=1S/C20H26N4O2/c21-20-23-15(14-3-2-9-22-12-14)11-16(24-20)19-17(25)4-1-5-18(19)26-10-8-13-6-7-13/h1,4-5,11,13-14,22,25H,2-3,6-10,12H2,(H2,21,23,24). The average Bonchev–Trinajstić information content (AvgIpc) is 3.46. The van der Waals surface area contributed by atoms with Crippen LogP contribution < -0.4 is 15.8 Å². The molecule has 6 heteroatoms. The van der Waals surface area contributed by atoms with Crippen LogP contribution in [0.1, 0.15) is 43.7 Å². The van der Waals surface area contributed by atoms with Gasteiger partial charge in [-0.15, -0.1) is 0 Å². The number of nitrogens with one attached hydrogen (secondary N) is 1. The zero-order chi connectivity index (χ0) is 17.9. The molecule has 1 saturated heterocycles. The third kappa shape index (κ3) is 3.90. The lowest BCUT2D eigenvalue weighted by molar-refractivity contribution is 0.302.